The van der Waals surface area contributed by atoms with E-state index in [0.29, 0.717) is 37.1 Å². The topological polar surface area (TPSA) is 98.7 Å². The minimum atomic E-state index is -1.62. The Kier molecular flexibility index (Phi) is 15.2. The van der Waals surface area contributed by atoms with Gasteiger partial charge in [0.1, 0.15) is 11.6 Å². The Morgan fingerprint density at radius 2 is 0.839 bits per heavy atom. The fourth-order valence-corrected chi connectivity index (χ4v) is 8.96. The second-order valence-corrected chi connectivity index (χ2v) is 16.2. The third-order valence-electron chi connectivity index (χ3n) is 9.15. The summed E-state index contributed by atoms with van der Waals surface area (Å²) in [4.78, 5) is 25.3. The van der Waals surface area contributed by atoms with Gasteiger partial charge >= 0.3 is 0 Å². The predicted molar refractivity (Wildman–Crippen MR) is 199 cm³/mol. The van der Waals surface area contributed by atoms with Gasteiger partial charge in [0.05, 0.1) is 12.2 Å². The summed E-state index contributed by atoms with van der Waals surface area (Å²) in [6.07, 6.45) is 7.13. The van der Waals surface area contributed by atoms with Crippen LogP contribution >= 0.6 is 23.5 Å². The van der Waals surface area contributed by atoms with E-state index in [0.717, 1.165) is 63.5 Å². The lowest BCUT2D eigenvalue weighted by atomic mass is 10.2. The van der Waals surface area contributed by atoms with Gasteiger partial charge in [-0.15, -0.1) is 23.5 Å². The summed E-state index contributed by atoms with van der Waals surface area (Å²) in [5, 5.41) is 24.5. The first kappa shape index (κ1) is 43.0. The van der Waals surface area contributed by atoms with Crippen LogP contribution in [-0.4, -0.2) is 44.7 Å². The fourth-order valence-electron chi connectivity index (χ4n) is 6.29. The molecule has 300 valence electrons. The van der Waals surface area contributed by atoms with E-state index in [2.05, 4.69) is 10.6 Å². The maximum Gasteiger partial charge on any atom is 0.255 e. The van der Waals surface area contributed by atoms with Gasteiger partial charge in [-0.05, 0) is 74.9 Å². The SMILES string of the molecule is O=C(Nc1cc(F)c(F)c(F)c1)c1ccc(F)c(SC2CCCC[C@@H](O)C2)c1.O=C(Nc1cc(F)c(F)c(F)c1)c1ccc(F)c(SC2CCCC[C@@H](O)C2)c1. The molecule has 4 aromatic rings. The molecular weight excluding hydrogens is 789 g/mol. The molecule has 2 aliphatic rings. The maximum absolute atomic E-state index is 14.2. The monoisotopic (exact) mass is 826 g/mol. The highest BCUT2D eigenvalue weighted by molar-refractivity contribution is 8.00. The Morgan fingerprint density at radius 1 is 0.500 bits per heavy atom. The first-order valence-corrected chi connectivity index (χ1v) is 19.6. The number of amides is 2. The zero-order chi connectivity index (χ0) is 40.5. The molecule has 4 atom stereocenters. The first-order valence-electron chi connectivity index (χ1n) is 17.9. The molecule has 2 saturated carbocycles. The molecule has 16 heteroatoms. The molecule has 0 bridgehead atoms. The molecule has 0 aromatic heterocycles. The van der Waals surface area contributed by atoms with Gasteiger partial charge in [-0.2, -0.15) is 0 Å². The largest absolute Gasteiger partial charge is 0.393 e. The highest BCUT2D eigenvalue weighted by Crippen LogP contribution is 2.36. The van der Waals surface area contributed by atoms with Crippen molar-refractivity contribution in [1.29, 1.82) is 0 Å². The van der Waals surface area contributed by atoms with Gasteiger partial charge in [0.25, 0.3) is 11.8 Å². The van der Waals surface area contributed by atoms with E-state index >= 15 is 0 Å². The van der Waals surface area contributed by atoms with Crippen LogP contribution in [0.5, 0.6) is 0 Å². The Bertz CT molecular complexity index is 1850. The zero-order valence-corrected chi connectivity index (χ0v) is 31.3. The van der Waals surface area contributed by atoms with E-state index in [4.69, 9.17) is 0 Å². The van der Waals surface area contributed by atoms with Gasteiger partial charge in [0, 0.05) is 67.1 Å². The van der Waals surface area contributed by atoms with Crippen LogP contribution in [0, 0.1) is 46.5 Å². The number of carbonyl (C=O) groups is 2. The van der Waals surface area contributed by atoms with Crippen molar-refractivity contribution in [3.8, 4) is 0 Å². The molecule has 2 aliphatic carbocycles. The summed E-state index contributed by atoms with van der Waals surface area (Å²) in [5.41, 5.74) is -0.287. The van der Waals surface area contributed by atoms with Gasteiger partial charge < -0.3 is 20.8 Å². The fraction of sp³-hybridized carbons (Fsp3) is 0.350. The highest BCUT2D eigenvalue weighted by Gasteiger charge is 2.24. The summed E-state index contributed by atoms with van der Waals surface area (Å²) in [6.45, 7) is 0. The van der Waals surface area contributed by atoms with Crippen LogP contribution in [0.15, 0.2) is 70.5 Å². The molecule has 0 saturated heterocycles. The lowest BCUT2D eigenvalue weighted by Gasteiger charge is -2.17. The minimum absolute atomic E-state index is 0.0330. The number of aliphatic hydroxyl groups is 2. The number of anilines is 2. The molecule has 4 N–H and O–H groups in total. The molecule has 0 aliphatic heterocycles. The Labute approximate surface area is 326 Å². The quantitative estimate of drug-likeness (QED) is 0.0802. The van der Waals surface area contributed by atoms with Gasteiger partial charge in [-0.25, -0.2) is 35.1 Å². The van der Waals surface area contributed by atoms with E-state index in [-0.39, 0.29) is 42.8 Å². The molecule has 2 unspecified atom stereocenters. The minimum Gasteiger partial charge on any atom is -0.393 e. The maximum atomic E-state index is 14.2. The van der Waals surface area contributed by atoms with Gasteiger partial charge in [-0.3, -0.25) is 9.59 Å². The van der Waals surface area contributed by atoms with Gasteiger partial charge in [0.2, 0.25) is 0 Å². The molecule has 2 fully saturated rings. The summed E-state index contributed by atoms with van der Waals surface area (Å²) in [7, 11) is 0. The van der Waals surface area contributed by atoms with Crippen molar-refractivity contribution in [3.63, 3.8) is 0 Å². The summed E-state index contributed by atoms with van der Waals surface area (Å²) in [6, 6.07) is 10.2. The normalized spacial score (nSPS) is 19.9. The number of nitrogens with one attached hydrogen (secondary N) is 2. The molecule has 4 aromatic carbocycles. The molecule has 2 amide bonds. The van der Waals surface area contributed by atoms with Crippen LogP contribution in [0.2, 0.25) is 0 Å². The van der Waals surface area contributed by atoms with Crippen molar-refractivity contribution in [2.75, 3.05) is 10.6 Å². The van der Waals surface area contributed by atoms with Crippen LogP contribution in [-0.2, 0) is 0 Å². The van der Waals surface area contributed by atoms with E-state index < -0.39 is 70.6 Å². The third kappa shape index (κ3) is 11.9. The Balaban J connectivity index is 0.000000214. The van der Waals surface area contributed by atoms with Crippen LogP contribution in [0.1, 0.15) is 84.9 Å². The van der Waals surface area contributed by atoms with Crippen LogP contribution in [0.25, 0.3) is 0 Å². The van der Waals surface area contributed by atoms with Crippen molar-refractivity contribution in [1.82, 2.24) is 0 Å². The van der Waals surface area contributed by atoms with E-state index in [1.54, 1.807) is 0 Å². The molecule has 56 heavy (non-hydrogen) atoms. The van der Waals surface area contributed by atoms with Crippen molar-refractivity contribution in [2.24, 2.45) is 0 Å². The number of carbonyl (C=O) groups excluding carboxylic acids is 2. The van der Waals surface area contributed by atoms with Gasteiger partial charge in [0.15, 0.2) is 34.9 Å². The predicted octanol–water partition coefficient (Wildman–Crippen LogP) is 10.6. The number of rotatable bonds is 8. The molecule has 0 heterocycles. The average Bonchev–Trinajstić information content (AvgIpc) is 3.49. The van der Waals surface area contributed by atoms with E-state index in [9.17, 15) is 54.9 Å². The van der Waals surface area contributed by atoms with Crippen LogP contribution in [0.4, 0.5) is 46.5 Å². The number of hydrogen-bond acceptors (Lipinski definition) is 6. The number of aliphatic hydroxyl groups excluding tert-OH is 2. The summed E-state index contributed by atoms with van der Waals surface area (Å²) < 4.78 is 108. The molecule has 0 radical (unpaired) electrons. The Hall–Kier alpha value is -4.12. The van der Waals surface area contributed by atoms with Crippen LogP contribution < -0.4 is 10.6 Å². The summed E-state index contributed by atoms with van der Waals surface area (Å²) in [5.74, 6) is -11.3. The molecule has 6 nitrogen and oxygen atoms in total. The van der Waals surface area contributed by atoms with Crippen molar-refractivity contribution >= 4 is 46.7 Å². The summed E-state index contributed by atoms with van der Waals surface area (Å²) >= 11 is 2.54. The van der Waals surface area contributed by atoms with Crippen LogP contribution in [0.3, 0.4) is 0 Å². The average molecular weight is 827 g/mol. The number of benzene rings is 4. The van der Waals surface area contributed by atoms with E-state index in [1.807, 2.05) is 0 Å². The molecule has 0 spiro atoms. The standard InChI is InChI=1S/2C20H19F4NO2S/c2*21-15-6-5-11(7-18(15)28-14-4-2-1-3-13(26)10-14)20(27)25-12-8-16(22)19(24)17(23)9-12/h2*5-9,13-14,26H,1-4,10H2,(H,25,27)/t2*13-,14?/m11/s1. The highest BCUT2D eigenvalue weighted by atomic mass is 32.2. The Morgan fingerprint density at radius 3 is 1.20 bits per heavy atom. The lowest BCUT2D eigenvalue weighted by molar-refractivity contribution is 0.101. The number of hydrogen-bond donors (Lipinski definition) is 4. The zero-order valence-electron chi connectivity index (χ0n) is 29.7. The van der Waals surface area contributed by atoms with Gasteiger partial charge in [-0.1, -0.05) is 25.7 Å². The third-order valence-corrected chi connectivity index (χ3v) is 11.8. The van der Waals surface area contributed by atoms with Crippen molar-refractivity contribution < 1.29 is 54.9 Å². The first-order chi connectivity index (χ1) is 26.7. The molecular formula is C40H38F8N2O4S2. The van der Waals surface area contributed by atoms with Crippen molar-refractivity contribution in [2.45, 2.75) is 96.7 Å². The van der Waals surface area contributed by atoms with Crippen molar-refractivity contribution in [3.05, 3.63) is 118 Å². The number of thioether (sulfide) groups is 2. The number of halogens is 8. The lowest BCUT2D eigenvalue weighted by Crippen LogP contribution is -2.14. The second-order valence-electron chi connectivity index (χ2n) is 13.5. The molecule has 6 rings (SSSR count). The smallest absolute Gasteiger partial charge is 0.255 e. The van der Waals surface area contributed by atoms with E-state index in [1.165, 1.54) is 47.8 Å². The second kappa shape index (κ2) is 19.8.